The number of rotatable bonds is 2. The van der Waals surface area contributed by atoms with Crippen molar-refractivity contribution in [3.05, 3.63) is 65.7 Å². The van der Waals surface area contributed by atoms with Gasteiger partial charge in [0, 0.05) is 30.6 Å². The fraction of sp³-hybridized carbons (Fsp3) is 0.304. The number of likely N-dealkylation sites (N-methyl/N-ethyl adjacent to an activating group) is 1. The predicted molar refractivity (Wildman–Crippen MR) is 117 cm³/mol. The van der Waals surface area contributed by atoms with Gasteiger partial charge in [-0.15, -0.1) is 12.4 Å². The van der Waals surface area contributed by atoms with Crippen LogP contribution in [0.25, 0.3) is 22.2 Å². The summed E-state index contributed by atoms with van der Waals surface area (Å²) in [4.78, 5) is 22.5. The highest BCUT2D eigenvalue weighted by molar-refractivity contribution is 6.07. The smallest absolute Gasteiger partial charge is 0.254 e. The van der Waals surface area contributed by atoms with Crippen LogP contribution in [0.2, 0.25) is 0 Å². The number of aromatic nitrogens is 1. The van der Waals surface area contributed by atoms with Crippen molar-refractivity contribution in [1.29, 1.82) is 0 Å². The summed E-state index contributed by atoms with van der Waals surface area (Å²) in [5.74, 6) is 0.109. The van der Waals surface area contributed by atoms with Crippen LogP contribution in [0.4, 0.5) is 0 Å². The summed E-state index contributed by atoms with van der Waals surface area (Å²) in [5.41, 5.74) is 4.72. The lowest BCUT2D eigenvalue weighted by molar-refractivity contribution is 0.0765. The molecule has 4 rings (SSSR count). The Morgan fingerprint density at radius 2 is 1.71 bits per heavy atom. The number of amides is 1. The number of carbonyl (C=O) groups excluding carboxylic acids is 1. The third kappa shape index (κ3) is 4.18. The first kappa shape index (κ1) is 20.3. The Hall–Kier alpha value is -2.43. The molecule has 1 amide bonds. The minimum Gasteiger partial charge on any atom is -0.337 e. The molecular formula is C23H26ClN3O. The Morgan fingerprint density at radius 3 is 2.50 bits per heavy atom. The van der Waals surface area contributed by atoms with Gasteiger partial charge in [-0.25, -0.2) is 4.98 Å². The second kappa shape index (κ2) is 8.72. The number of fused-ring (bicyclic) bond motifs is 1. The van der Waals surface area contributed by atoms with E-state index in [1.807, 2.05) is 35.2 Å². The minimum atomic E-state index is 0. The van der Waals surface area contributed by atoms with Gasteiger partial charge in [0.15, 0.2) is 0 Å². The van der Waals surface area contributed by atoms with E-state index >= 15 is 0 Å². The molecule has 28 heavy (non-hydrogen) atoms. The van der Waals surface area contributed by atoms with E-state index < -0.39 is 0 Å². The summed E-state index contributed by atoms with van der Waals surface area (Å²) in [6, 6.07) is 18.2. The van der Waals surface area contributed by atoms with Gasteiger partial charge in [0.05, 0.1) is 16.8 Å². The number of carbonyl (C=O) groups is 1. The van der Waals surface area contributed by atoms with Gasteiger partial charge < -0.3 is 9.80 Å². The van der Waals surface area contributed by atoms with Crippen LogP contribution < -0.4 is 0 Å². The first-order valence-corrected chi connectivity index (χ1v) is 9.56. The van der Waals surface area contributed by atoms with Crippen molar-refractivity contribution in [3.8, 4) is 11.3 Å². The highest BCUT2D eigenvalue weighted by Gasteiger charge is 2.22. The van der Waals surface area contributed by atoms with E-state index in [-0.39, 0.29) is 18.3 Å². The second-order valence-electron chi connectivity index (χ2n) is 7.39. The molecule has 0 saturated carbocycles. The molecule has 1 fully saturated rings. The molecule has 2 aromatic carbocycles. The highest BCUT2D eigenvalue weighted by Crippen LogP contribution is 2.26. The molecule has 0 radical (unpaired) electrons. The topological polar surface area (TPSA) is 36.4 Å². The molecule has 0 bridgehead atoms. The van der Waals surface area contributed by atoms with Crippen LogP contribution in [0.1, 0.15) is 22.3 Å². The van der Waals surface area contributed by atoms with Crippen molar-refractivity contribution in [2.45, 2.75) is 13.3 Å². The normalized spacial score (nSPS) is 15.1. The summed E-state index contributed by atoms with van der Waals surface area (Å²) < 4.78 is 0. The molecule has 146 valence electrons. The molecule has 0 unspecified atom stereocenters. The lowest BCUT2D eigenvalue weighted by atomic mass is 10.0. The zero-order valence-corrected chi connectivity index (χ0v) is 17.2. The molecule has 3 aromatic rings. The molecule has 1 aliphatic heterocycles. The zero-order chi connectivity index (χ0) is 18.8. The van der Waals surface area contributed by atoms with Crippen LogP contribution in [-0.4, -0.2) is 53.9 Å². The van der Waals surface area contributed by atoms with Crippen molar-refractivity contribution in [3.63, 3.8) is 0 Å². The van der Waals surface area contributed by atoms with Crippen LogP contribution in [0.15, 0.2) is 54.6 Å². The van der Waals surface area contributed by atoms with Gasteiger partial charge in [-0.3, -0.25) is 4.79 Å². The number of hydrogen-bond donors (Lipinski definition) is 0. The third-order valence-electron chi connectivity index (χ3n) is 5.30. The Bertz CT molecular complexity index is 971. The van der Waals surface area contributed by atoms with E-state index in [0.29, 0.717) is 0 Å². The molecule has 2 heterocycles. The van der Waals surface area contributed by atoms with Crippen LogP contribution in [0, 0.1) is 6.92 Å². The van der Waals surface area contributed by atoms with E-state index in [0.717, 1.165) is 60.3 Å². The second-order valence-corrected chi connectivity index (χ2v) is 7.39. The maximum absolute atomic E-state index is 13.4. The van der Waals surface area contributed by atoms with Crippen molar-refractivity contribution >= 4 is 29.2 Å². The first-order valence-electron chi connectivity index (χ1n) is 9.56. The van der Waals surface area contributed by atoms with Crippen LogP contribution in [0.5, 0.6) is 0 Å². The van der Waals surface area contributed by atoms with E-state index in [1.165, 1.54) is 5.56 Å². The number of aryl methyl sites for hydroxylation is 1. The Morgan fingerprint density at radius 1 is 0.964 bits per heavy atom. The van der Waals surface area contributed by atoms with Crippen LogP contribution >= 0.6 is 12.4 Å². The van der Waals surface area contributed by atoms with Crippen molar-refractivity contribution < 1.29 is 4.79 Å². The highest BCUT2D eigenvalue weighted by atomic mass is 35.5. The molecule has 0 spiro atoms. The van der Waals surface area contributed by atoms with E-state index in [4.69, 9.17) is 4.98 Å². The van der Waals surface area contributed by atoms with Crippen molar-refractivity contribution in [2.75, 3.05) is 33.2 Å². The van der Waals surface area contributed by atoms with Crippen LogP contribution in [-0.2, 0) is 0 Å². The molecule has 0 N–H and O–H groups in total. The van der Waals surface area contributed by atoms with E-state index in [9.17, 15) is 4.79 Å². The number of para-hydroxylation sites is 1. The summed E-state index contributed by atoms with van der Waals surface area (Å²) in [7, 11) is 2.12. The third-order valence-corrected chi connectivity index (χ3v) is 5.30. The van der Waals surface area contributed by atoms with Crippen LogP contribution in [0.3, 0.4) is 0 Å². The molecule has 1 aromatic heterocycles. The summed E-state index contributed by atoms with van der Waals surface area (Å²) in [5, 5.41) is 0.927. The number of pyridine rings is 1. The lowest BCUT2D eigenvalue weighted by Crippen LogP contribution is -2.34. The average Bonchev–Trinajstić information content (AvgIpc) is 2.91. The summed E-state index contributed by atoms with van der Waals surface area (Å²) in [6.07, 6.45) is 1.01. The molecule has 4 nitrogen and oxygen atoms in total. The monoisotopic (exact) mass is 395 g/mol. The van der Waals surface area contributed by atoms with Gasteiger partial charge >= 0.3 is 0 Å². The number of nitrogens with zero attached hydrogens (tertiary/aromatic N) is 3. The van der Waals surface area contributed by atoms with Gasteiger partial charge in [-0.05, 0) is 39.1 Å². The number of hydrogen-bond acceptors (Lipinski definition) is 3. The largest absolute Gasteiger partial charge is 0.337 e. The maximum Gasteiger partial charge on any atom is 0.254 e. The van der Waals surface area contributed by atoms with Gasteiger partial charge in [0.1, 0.15) is 0 Å². The summed E-state index contributed by atoms with van der Waals surface area (Å²) >= 11 is 0. The van der Waals surface area contributed by atoms with Gasteiger partial charge in [0.2, 0.25) is 0 Å². The fourth-order valence-electron chi connectivity index (χ4n) is 3.64. The summed E-state index contributed by atoms with van der Waals surface area (Å²) in [6.45, 7) is 5.60. The number of halogens is 1. The number of benzene rings is 2. The SMILES string of the molecule is Cc1ccc(-c2cc(C(=O)N3CCCN(C)CC3)c3ccccc3n2)cc1.Cl. The molecule has 0 aliphatic carbocycles. The molecule has 1 saturated heterocycles. The molecule has 0 atom stereocenters. The predicted octanol–water partition coefficient (Wildman–Crippen LogP) is 4.41. The Labute approximate surface area is 172 Å². The Balaban J connectivity index is 0.00000225. The molecular weight excluding hydrogens is 370 g/mol. The molecule has 5 heteroatoms. The maximum atomic E-state index is 13.4. The Kier molecular flexibility index (Phi) is 6.32. The fourth-order valence-corrected chi connectivity index (χ4v) is 3.64. The minimum absolute atomic E-state index is 0. The van der Waals surface area contributed by atoms with Crippen molar-refractivity contribution in [1.82, 2.24) is 14.8 Å². The molecule has 1 aliphatic rings. The first-order chi connectivity index (χ1) is 13.1. The standard InChI is InChI=1S/C23H25N3O.ClH/c1-17-8-10-18(11-9-17)22-16-20(19-6-3-4-7-21(19)24-22)23(27)26-13-5-12-25(2)14-15-26;/h3-4,6-11,16H,5,12-15H2,1-2H3;1H. The average molecular weight is 396 g/mol. The zero-order valence-electron chi connectivity index (χ0n) is 16.4. The van der Waals surface area contributed by atoms with Gasteiger partial charge in [-0.1, -0.05) is 48.0 Å². The lowest BCUT2D eigenvalue weighted by Gasteiger charge is -2.22. The quantitative estimate of drug-likeness (QED) is 0.644. The van der Waals surface area contributed by atoms with Gasteiger partial charge in [0.25, 0.3) is 5.91 Å². The van der Waals surface area contributed by atoms with Gasteiger partial charge in [-0.2, -0.15) is 0 Å². The van der Waals surface area contributed by atoms with E-state index in [1.54, 1.807) is 0 Å². The van der Waals surface area contributed by atoms with Crippen molar-refractivity contribution in [2.24, 2.45) is 0 Å². The van der Waals surface area contributed by atoms with E-state index in [2.05, 4.69) is 43.1 Å².